The quantitative estimate of drug-likeness (QED) is 0.240. The monoisotopic (exact) mass is 500 g/mol. The van der Waals surface area contributed by atoms with Crippen molar-refractivity contribution in [2.75, 3.05) is 6.61 Å². The van der Waals surface area contributed by atoms with E-state index in [1.54, 1.807) is 12.1 Å². The van der Waals surface area contributed by atoms with Gasteiger partial charge in [0.15, 0.2) is 11.6 Å². The predicted molar refractivity (Wildman–Crippen MR) is 122 cm³/mol. The summed E-state index contributed by atoms with van der Waals surface area (Å²) in [6, 6.07) is 9.00. The lowest BCUT2D eigenvalue weighted by Crippen LogP contribution is -2.20. The van der Waals surface area contributed by atoms with Crippen molar-refractivity contribution in [3.05, 3.63) is 77.1 Å². The minimum Gasteiger partial charge on any atom is -0.403 e. The molecule has 8 heteroatoms. The zero-order valence-electron chi connectivity index (χ0n) is 19.6. The first-order chi connectivity index (χ1) is 16.6. The molecule has 0 atom stereocenters. The lowest BCUT2D eigenvalue weighted by molar-refractivity contribution is -0.275. The highest BCUT2D eigenvalue weighted by Gasteiger charge is 2.34. The molecule has 0 N–H and O–H groups in total. The van der Waals surface area contributed by atoms with Crippen LogP contribution in [0.5, 0.6) is 5.75 Å². The molecule has 1 fully saturated rings. The highest BCUT2D eigenvalue weighted by atomic mass is 19.4. The number of hydrogen-bond donors (Lipinski definition) is 0. The fraction of sp³-hybridized carbons (Fsp3) is 0.481. The average molecular weight is 501 g/mol. The Balaban J connectivity index is 1.49. The molecule has 2 nitrogen and oxygen atoms in total. The second-order valence-electron chi connectivity index (χ2n) is 8.91. The number of alkyl halides is 5. The summed E-state index contributed by atoms with van der Waals surface area (Å²) in [6.45, 7) is 1.58. The van der Waals surface area contributed by atoms with Crippen LogP contribution in [-0.2, 0) is 17.3 Å². The summed E-state index contributed by atoms with van der Waals surface area (Å²) < 4.78 is 87.8. The SMILES string of the molecule is C/C=C/CC[C@H]1CC[C@H](c2ccc(C(F)(F)OCCc3ccc(OC(F)(F)F)c(F)c3)cc2)CC1. The summed E-state index contributed by atoms with van der Waals surface area (Å²) in [7, 11) is 0. The molecule has 2 aromatic carbocycles. The number of halogens is 6. The molecule has 0 bridgehead atoms. The van der Waals surface area contributed by atoms with E-state index in [9.17, 15) is 26.3 Å². The van der Waals surface area contributed by atoms with E-state index in [1.165, 1.54) is 24.6 Å². The van der Waals surface area contributed by atoms with Gasteiger partial charge in [-0.25, -0.2) is 4.39 Å². The first-order valence-corrected chi connectivity index (χ1v) is 11.8. The van der Waals surface area contributed by atoms with Crippen LogP contribution in [0.25, 0.3) is 0 Å². The molecule has 192 valence electrons. The molecular formula is C27H30F6O2. The predicted octanol–water partition coefficient (Wildman–Crippen LogP) is 8.66. The molecule has 0 aliphatic heterocycles. The van der Waals surface area contributed by atoms with Crippen LogP contribution >= 0.6 is 0 Å². The molecule has 0 saturated heterocycles. The lowest BCUT2D eigenvalue weighted by Gasteiger charge is -2.29. The third-order valence-corrected chi connectivity index (χ3v) is 6.44. The van der Waals surface area contributed by atoms with Crippen LogP contribution in [0.15, 0.2) is 54.6 Å². The van der Waals surface area contributed by atoms with Gasteiger partial charge in [-0.05, 0) is 87.0 Å². The summed E-state index contributed by atoms with van der Waals surface area (Å²) >= 11 is 0. The fourth-order valence-corrected chi connectivity index (χ4v) is 4.52. The minimum absolute atomic E-state index is 0.103. The van der Waals surface area contributed by atoms with Crippen molar-refractivity contribution in [2.45, 2.75) is 70.3 Å². The second-order valence-corrected chi connectivity index (χ2v) is 8.91. The van der Waals surface area contributed by atoms with Crippen LogP contribution in [0.2, 0.25) is 0 Å². The standard InChI is InChI=1S/C27H30F6O2/c1-2-3-4-5-19-6-9-21(10-7-19)22-11-13-23(14-12-22)26(29,30)34-17-16-20-8-15-25(24(28)18-20)35-27(31,32)33/h2-3,8,11-15,18-19,21H,4-7,9-10,16-17H2,1H3/b3-2+/t19-,21-. The molecule has 0 aromatic heterocycles. The van der Waals surface area contributed by atoms with Gasteiger partial charge in [-0.3, -0.25) is 0 Å². The third kappa shape index (κ3) is 8.30. The van der Waals surface area contributed by atoms with Crippen molar-refractivity contribution >= 4 is 0 Å². The van der Waals surface area contributed by atoms with Crippen molar-refractivity contribution in [3.8, 4) is 5.75 Å². The zero-order valence-corrected chi connectivity index (χ0v) is 19.6. The summed E-state index contributed by atoms with van der Waals surface area (Å²) in [5.41, 5.74) is 0.985. The maximum atomic E-state index is 14.5. The number of ether oxygens (including phenoxy) is 2. The van der Waals surface area contributed by atoms with Gasteiger partial charge in [0.05, 0.1) is 12.2 Å². The topological polar surface area (TPSA) is 18.5 Å². The minimum atomic E-state index is -5.02. The van der Waals surface area contributed by atoms with Gasteiger partial charge in [0.1, 0.15) is 0 Å². The van der Waals surface area contributed by atoms with Crippen LogP contribution < -0.4 is 4.74 Å². The van der Waals surface area contributed by atoms with Gasteiger partial charge >= 0.3 is 12.5 Å². The molecule has 35 heavy (non-hydrogen) atoms. The van der Waals surface area contributed by atoms with E-state index >= 15 is 0 Å². The molecule has 0 amide bonds. The molecule has 1 aliphatic carbocycles. The fourth-order valence-electron chi connectivity index (χ4n) is 4.52. The van der Waals surface area contributed by atoms with Crippen molar-refractivity contribution < 1.29 is 35.8 Å². The molecular weight excluding hydrogens is 470 g/mol. The van der Waals surface area contributed by atoms with Gasteiger partial charge in [-0.2, -0.15) is 8.78 Å². The van der Waals surface area contributed by atoms with E-state index in [-0.39, 0.29) is 17.5 Å². The maximum Gasteiger partial charge on any atom is 0.573 e. The van der Waals surface area contributed by atoms with Crippen molar-refractivity contribution in [2.24, 2.45) is 5.92 Å². The Bertz CT molecular complexity index is 961. The molecule has 1 saturated carbocycles. The molecule has 1 aliphatic rings. The lowest BCUT2D eigenvalue weighted by atomic mass is 9.77. The summed E-state index contributed by atoms with van der Waals surface area (Å²) in [5, 5.41) is 0. The Hall–Kier alpha value is -2.48. The van der Waals surface area contributed by atoms with Crippen LogP contribution in [0, 0.1) is 11.7 Å². The van der Waals surface area contributed by atoms with Gasteiger partial charge in [-0.1, -0.05) is 42.5 Å². The third-order valence-electron chi connectivity index (χ3n) is 6.44. The highest BCUT2D eigenvalue weighted by molar-refractivity contribution is 5.30. The van der Waals surface area contributed by atoms with E-state index < -0.39 is 30.6 Å². The smallest absolute Gasteiger partial charge is 0.403 e. The normalized spacial score (nSPS) is 19.3. The summed E-state index contributed by atoms with van der Waals surface area (Å²) in [4.78, 5) is 0. The molecule has 0 radical (unpaired) electrons. The van der Waals surface area contributed by atoms with Crippen molar-refractivity contribution in [3.63, 3.8) is 0 Å². The van der Waals surface area contributed by atoms with E-state index in [2.05, 4.69) is 16.9 Å². The van der Waals surface area contributed by atoms with Gasteiger partial charge in [0, 0.05) is 0 Å². The largest absolute Gasteiger partial charge is 0.573 e. The maximum absolute atomic E-state index is 14.5. The first kappa shape index (κ1) is 27.1. The zero-order chi connectivity index (χ0) is 25.5. The molecule has 3 rings (SSSR count). The van der Waals surface area contributed by atoms with Crippen LogP contribution in [0.1, 0.15) is 68.1 Å². The summed E-state index contributed by atoms with van der Waals surface area (Å²) in [6.07, 6.45) is 2.28. The van der Waals surface area contributed by atoms with E-state index in [0.29, 0.717) is 5.92 Å². The van der Waals surface area contributed by atoms with Gasteiger partial charge in [0.2, 0.25) is 0 Å². The Morgan fingerprint density at radius 2 is 1.63 bits per heavy atom. The van der Waals surface area contributed by atoms with Gasteiger partial charge < -0.3 is 9.47 Å². The van der Waals surface area contributed by atoms with E-state index in [1.807, 2.05) is 6.92 Å². The van der Waals surface area contributed by atoms with Crippen molar-refractivity contribution in [1.82, 2.24) is 0 Å². The van der Waals surface area contributed by atoms with Crippen LogP contribution in [0.4, 0.5) is 26.3 Å². The molecule has 0 heterocycles. The molecule has 2 aromatic rings. The number of allylic oxidation sites excluding steroid dienone is 2. The van der Waals surface area contributed by atoms with Gasteiger partial charge in [0.25, 0.3) is 0 Å². The van der Waals surface area contributed by atoms with Gasteiger partial charge in [-0.15, -0.1) is 13.2 Å². The average Bonchev–Trinajstić information content (AvgIpc) is 2.81. The second kappa shape index (κ2) is 12.0. The highest BCUT2D eigenvalue weighted by Crippen LogP contribution is 2.39. The Labute approximate surface area is 201 Å². The summed E-state index contributed by atoms with van der Waals surface area (Å²) in [5.74, 6) is -1.11. The number of rotatable bonds is 10. The Morgan fingerprint density at radius 3 is 2.23 bits per heavy atom. The van der Waals surface area contributed by atoms with Crippen LogP contribution in [0.3, 0.4) is 0 Å². The Morgan fingerprint density at radius 1 is 0.943 bits per heavy atom. The van der Waals surface area contributed by atoms with Crippen LogP contribution in [-0.4, -0.2) is 13.0 Å². The first-order valence-electron chi connectivity index (χ1n) is 11.8. The van der Waals surface area contributed by atoms with E-state index in [4.69, 9.17) is 4.74 Å². The van der Waals surface area contributed by atoms with Crippen molar-refractivity contribution in [1.29, 1.82) is 0 Å². The number of benzene rings is 2. The number of hydrogen-bond acceptors (Lipinski definition) is 2. The molecule has 0 spiro atoms. The van der Waals surface area contributed by atoms with E-state index in [0.717, 1.165) is 55.7 Å². The Kier molecular flexibility index (Phi) is 9.27. The molecule has 0 unspecified atom stereocenters.